The molecule has 0 unspecified atom stereocenters. The van der Waals surface area contributed by atoms with Gasteiger partial charge in [-0.25, -0.2) is 0 Å². The Bertz CT molecular complexity index is 4.00. The third-order valence-electron chi connectivity index (χ3n) is 0. The van der Waals surface area contributed by atoms with E-state index in [9.17, 15) is 0 Å². The van der Waals surface area contributed by atoms with Gasteiger partial charge in [0.05, 0.1) is 0 Å². The van der Waals surface area contributed by atoms with Gasteiger partial charge in [0.1, 0.15) is 0 Å². The van der Waals surface area contributed by atoms with Gasteiger partial charge in [-0.15, -0.1) is 0 Å². The van der Waals surface area contributed by atoms with E-state index in [4.69, 9.17) is 0 Å². The molecule has 0 heterocycles. The Morgan fingerprint density at radius 2 is 1.00 bits per heavy atom. The van der Waals surface area contributed by atoms with Crippen molar-refractivity contribution in [1.82, 2.24) is 0 Å². The van der Waals surface area contributed by atoms with E-state index in [0.717, 1.165) is 0 Å². The fourth-order valence-corrected chi connectivity index (χ4v) is 0. The van der Waals surface area contributed by atoms with Crippen LogP contribution in [0.2, 0.25) is 0 Å². The second-order valence-corrected chi connectivity index (χ2v) is 0. The fraction of sp³-hybridized carbons (Fsp3) is 1.00. The molecule has 0 rings (SSSR count). The molecule has 0 amide bonds. The molecule has 4 heavy (non-hydrogen) atoms. The van der Waals surface area contributed by atoms with Crippen LogP contribution in [-0.4, -0.2) is 0 Å². The lowest BCUT2D eigenvalue weighted by molar-refractivity contribution is 1.50. The third kappa shape index (κ3) is 26.1. The standard InChI is InChI=1S/C2H6.S2/c2*1-2/h1-2H3;. The summed E-state index contributed by atoms with van der Waals surface area (Å²) in [7, 11) is 0. The molecule has 0 N–H and O–H groups in total. The average Bonchev–Trinajstić information content (AvgIpc) is 1.50. The second kappa shape index (κ2) is 106. The maximum Gasteiger partial charge on any atom is 0 e. The highest BCUT2D eigenvalue weighted by molar-refractivity contribution is 8.07. The minimum absolute atomic E-state index is 2.00. The first-order chi connectivity index (χ1) is 2.00. The highest BCUT2D eigenvalue weighted by Crippen LogP contribution is 1.14. The van der Waals surface area contributed by atoms with Crippen LogP contribution in [0, 0.1) is 0 Å². The zero-order valence-electron chi connectivity index (χ0n) is 2.82. The largest absolute Gasteiger partial charge is 0.0683 e. The molecule has 0 aromatic carbocycles. The van der Waals surface area contributed by atoms with Crippen molar-refractivity contribution in [1.29, 1.82) is 0 Å². The van der Waals surface area contributed by atoms with E-state index < -0.39 is 0 Å². The molecular weight excluding hydrogens is 88.2 g/mol. The van der Waals surface area contributed by atoms with Crippen LogP contribution in [0.15, 0.2) is 0 Å². The number of rotatable bonds is 0. The van der Waals surface area contributed by atoms with Crippen LogP contribution in [0.3, 0.4) is 0 Å². The molecule has 0 nitrogen and oxygen atoms in total. The molecule has 0 aliphatic carbocycles. The summed E-state index contributed by atoms with van der Waals surface area (Å²) in [5.41, 5.74) is 0. The van der Waals surface area contributed by atoms with Crippen LogP contribution in [0.4, 0.5) is 0 Å². The Hall–Kier alpha value is 0.440. The Balaban J connectivity index is 0. The lowest BCUT2D eigenvalue weighted by Gasteiger charge is -1.07. The van der Waals surface area contributed by atoms with Crippen LogP contribution in [-0.2, 0) is 22.4 Å². The first-order valence-electron chi connectivity index (χ1n) is 1.17. The van der Waals surface area contributed by atoms with E-state index in [0.29, 0.717) is 0 Å². The Morgan fingerprint density at radius 1 is 1.00 bits per heavy atom. The van der Waals surface area contributed by atoms with Crippen molar-refractivity contribution < 1.29 is 0 Å². The zero-order chi connectivity index (χ0) is 4.00. The number of hydrogen-bond acceptors (Lipinski definition) is 2. The van der Waals surface area contributed by atoms with Gasteiger partial charge in [0.2, 0.25) is 0 Å². The maximum atomic E-state index is 3.67. The molecule has 0 aromatic heterocycles. The minimum atomic E-state index is 2.00. The Morgan fingerprint density at radius 3 is 1.00 bits per heavy atom. The van der Waals surface area contributed by atoms with E-state index in [1.807, 2.05) is 13.8 Å². The van der Waals surface area contributed by atoms with E-state index in [1.165, 1.54) is 0 Å². The molecular formula is C2H6S2. The van der Waals surface area contributed by atoms with Crippen molar-refractivity contribution in [2.24, 2.45) is 0 Å². The molecule has 0 saturated carbocycles. The quantitative estimate of drug-likeness (QED) is 0.439. The zero-order valence-corrected chi connectivity index (χ0v) is 4.45. The SMILES string of the molecule is CC.S=S. The van der Waals surface area contributed by atoms with Crippen molar-refractivity contribution in [3.05, 3.63) is 0 Å². The summed E-state index contributed by atoms with van der Waals surface area (Å²) in [6, 6.07) is 0. The van der Waals surface area contributed by atoms with Crippen LogP contribution in [0.25, 0.3) is 0 Å². The number of hydrogen-bond donors (Lipinski definition) is 0. The minimum Gasteiger partial charge on any atom is -0.0683 e. The molecule has 26 valence electrons. The lowest BCUT2D eigenvalue weighted by Crippen LogP contribution is -0.856. The van der Waals surface area contributed by atoms with Gasteiger partial charge in [0, 0.05) is 22.4 Å². The van der Waals surface area contributed by atoms with Gasteiger partial charge >= 0.3 is 0 Å². The first kappa shape index (κ1) is 8.83. The van der Waals surface area contributed by atoms with Crippen LogP contribution in [0.5, 0.6) is 0 Å². The summed E-state index contributed by atoms with van der Waals surface area (Å²) in [6.07, 6.45) is 0. The molecule has 0 fully saturated rings. The molecule has 0 aliphatic rings. The predicted octanol–water partition coefficient (Wildman–Crippen LogP) is 1.02. The van der Waals surface area contributed by atoms with Crippen LogP contribution >= 0.6 is 0 Å². The molecule has 0 atom stereocenters. The third-order valence-corrected chi connectivity index (χ3v) is 0. The van der Waals surface area contributed by atoms with Gasteiger partial charge in [-0.3, -0.25) is 0 Å². The molecule has 0 aliphatic heterocycles. The normalized spacial score (nSPS) is 2.50. The van der Waals surface area contributed by atoms with Gasteiger partial charge in [-0.1, -0.05) is 13.8 Å². The van der Waals surface area contributed by atoms with E-state index in [2.05, 4.69) is 22.4 Å². The summed E-state index contributed by atoms with van der Waals surface area (Å²) in [5.74, 6) is 0. The van der Waals surface area contributed by atoms with Gasteiger partial charge < -0.3 is 0 Å². The van der Waals surface area contributed by atoms with E-state index >= 15 is 0 Å². The molecule has 2 heteroatoms. The van der Waals surface area contributed by atoms with Crippen LogP contribution in [0.1, 0.15) is 13.8 Å². The van der Waals surface area contributed by atoms with Gasteiger partial charge in [0.15, 0.2) is 0 Å². The summed E-state index contributed by atoms with van der Waals surface area (Å²) in [5, 5.41) is 0. The van der Waals surface area contributed by atoms with Crippen molar-refractivity contribution in [2.45, 2.75) is 13.8 Å². The Kier molecular flexibility index (Phi) is 233. The topological polar surface area (TPSA) is 0 Å². The van der Waals surface area contributed by atoms with Crippen molar-refractivity contribution >= 4 is 22.4 Å². The van der Waals surface area contributed by atoms with Crippen LogP contribution < -0.4 is 0 Å². The molecule has 0 aromatic rings. The fourth-order valence-electron chi connectivity index (χ4n) is 0. The van der Waals surface area contributed by atoms with Gasteiger partial charge in [0.25, 0.3) is 0 Å². The summed E-state index contributed by atoms with van der Waals surface area (Å²) in [6.45, 7) is 4.00. The highest BCUT2D eigenvalue weighted by atomic mass is 32.8. The smallest absolute Gasteiger partial charge is 0 e. The Labute approximate surface area is 36.9 Å². The van der Waals surface area contributed by atoms with Crippen molar-refractivity contribution in [2.75, 3.05) is 0 Å². The first-order valence-corrected chi connectivity index (χ1v) is 2.50. The van der Waals surface area contributed by atoms with E-state index in [1.54, 1.807) is 0 Å². The molecule has 0 saturated heterocycles. The highest BCUT2D eigenvalue weighted by Gasteiger charge is 0.932. The van der Waals surface area contributed by atoms with Gasteiger partial charge in [-0.05, 0) is 0 Å². The van der Waals surface area contributed by atoms with Crippen molar-refractivity contribution in [3.63, 3.8) is 0 Å². The lowest BCUT2D eigenvalue weighted by atomic mass is 11.0. The average molecular weight is 94.2 g/mol. The molecule has 0 spiro atoms. The predicted molar refractivity (Wildman–Crippen MR) is 26.1 cm³/mol. The van der Waals surface area contributed by atoms with Crippen molar-refractivity contribution in [3.8, 4) is 0 Å². The van der Waals surface area contributed by atoms with E-state index in [-0.39, 0.29) is 0 Å². The monoisotopic (exact) mass is 94.0 g/mol. The molecule has 0 radical (unpaired) electrons. The summed E-state index contributed by atoms with van der Waals surface area (Å²) < 4.78 is 0. The second-order valence-electron chi connectivity index (χ2n) is 0. The maximum absolute atomic E-state index is 3.67. The summed E-state index contributed by atoms with van der Waals surface area (Å²) >= 11 is 7.33. The van der Waals surface area contributed by atoms with Gasteiger partial charge in [-0.2, -0.15) is 0 Å². The summed E-state index contributed by atoms with van der Waals surface area (Å²) in [4.78, 5) is 0. The molecule has 0 bridgehead atoms.